The average Bonchev–Trinajstić information content (AvgIpc) is 2.50. The summed E-state index contributed by atoms with van der Waals surface area (Å²) < 4.78 is 0. The highest BCUT2D eigenvalue weighted by molar-refractivity contribution is 6.30. The summed E-state index contributed by atoms with van der Waals surface area (Å²) in [6.07, 6.45) is 0. The van der Waals surface area contributed by atoms with Crippen molar-refractivity contribution in [2.75, 3.05) is 13.6 Å². The molecule has 110 valence electrons. The predicted octanol–water partition coefficient (Wildman–Crippen LogP) is 4.05. The first kappa shape index (κ1) is 15.7. The zero-order chi connectivity index (χ0) is 15.2. The lowest BCUT2D eigenvalue weighted by Gasteiger charge is -2.19. The van der Waals surface area contributed by atoms with E-state index in [4.69, 9.17) is 23.2 Å². The molecule has 0 aliphatic heterocycles. The first-order valence-corrected chi connectivity index (χ1v) is 7.32. The van der Waals surface area contributed by atoms with Crippen molar-refractivity contribution in [1.29, 1.82) is 0 Å². The molecule has 2 amide bonds. The molecule has 0 saturated carbocycles. The Morgan fingerprint density at radius 2 is 1.38 bits per heavy atom. The molecule has 0 fully saturated rings. The van der Waals surface area contributed by atoms with Crippen LogP contribution >= 0.6 is 23.2 Å². The van der Waals surface area contributed by atoms with Gasteiger partial charge in [-0.1, -0.05) is 47.5 Å². The topological polar surface area (TPSA) is 41.1 Å². The molecule has 3 nitrogen and oxygen atoms in total. The summed E-state index contributed by atoms with van der Waals surface area (Å²) in [6.45, 7) is 0.489. The maximum atomic E-state index is 11.4. The second-order valence-corrected chi connectivity index (χ2v) is 5.49. The molecule has 0 radical (unpaired) electrons. The fourth-order valence-corrected chi connectivity index (χ4v) is 2.35. The lowest BCUT2D eigenvalue weighted by atomic mass is 9.91. The van der Waals surface area contributed by atoms with Gasteiger partial charge in [-0.05, 0) is 35.4 Å². The van der Waals surface area contributed by atoms with Crippen molar-refractivity contribution in [3.05, 3.63) is 69.7 Å². The Morgan fingerprint density at radius 1 is 0.952 bits per heavy atom. The van der Waals surface area contributed by atoms with E-state index in [0.29, 0.717) is 16.6 Å². The lowest BCUT2D eigenvalue weighted by Crippen LogP contribution is -2.35. The van der Waals surface area contributed by atoms with Crippen LogP contribution in [0.5, 0.6) is 0 Å². The summed E-state index contributed by atoms with van der Waals surface area (Å²) in [7, 11) is 1.59. The van der Waals surface area contributed by atoms with Gasteiger partial charge in [-0.2, -0.15) is 0 Å². The summed E-state index contributed by atoms with van der Waals surface area (Å²) in [6, 6.07) is 15.0. The Balaban J connectivity index is 2.27. The smallest absolute Gasteiger partial charge is 0.314 e. The number of hydrogen-bond donors (Lipinski definition) is 2. The van der Waals surface area contributed by atoms with Crippen LogP contribution in [0, 0.1) is 0 Å². The van der Waals surface area contributed by atoms with E-state index in [0.717, 1.165) is 11.1 Å². The standard InChI is InChI=1S/C16H16Cl2N2O/c1-19-16(21)20-10-15(11-2-6-13(17)7-3-11)12-4-8-14(18)9-5-12/h2-9,15H,10H2,1H3,(H2,19,20,21). The van der Waals surface area contributed by atoms with Gasteiger partial charge in [0.2, 0.25) is 0 Å². The van der Waals surface area contributed by atoms with Gasteiger partial charge in [0.1, 0.15) is 0 Å². The minimum absolute atomic E-state index is 0.0387. The molecule has 0 aliphatic carbocycles. The van der Waals surface area contributed by atoms with Crippen LogP contribution in [-0.2, 0) is 0 Å². The first-order chi connectivity index (χ1) is 10.1. The van der Waals surface area contributed by atoms with Crippen molar-refractivity contribution in [1.82, 2.24) is 10.6 Å². The number of nitrogens with one attached hydrogen (secondary N) is 2. The Kier molecular flexibility index (Phi) is 5.48. The molecule has 21 heavy (non-hydrogen) atoms. The Bertz CT molecular complexity index is 551. The zero-order valence-corrected chi connectivity index (χ0v) is 13.1. The lowest BCUT2D eigenvalue weighted by molar-refractivity contribution is 0.242. The van der Waals surface area contributed by atoms with Crippen molar-refractivity contribution in [3.63, 3.8) is 0 Å². The number of urea groups is 1. The van der Waals surface area contributed by atoms with Gasteiger partial charge >= 0.3 is 6.03 Å². The van der Waals surface area contributed by atoms with Gasteiger partial charge in [0.25, 0.3) is 0 Å². The second kappa shape index (κ2) is 7.34. The number of amides is 2. The number of carbonyl (C=O) groups excluding carboxylic acids is 1. The molecule has 2 rings (SSSR count). The minimum atomic E-state index is -0.206. The summed E-state index contributed by atoms with van der Waals surface area (Å²) >= 11 is 11.9. The number of rotatable bonds is 4. The number of halogens is 2. The largest absolute Gasteiger partial charge is 0.341 e. The van der Waals surface area contributed by atoms with Crippen LogP contribution < -0.4 is 10.6 Å². The Hall–Kier alpha value is -1.71. The van der Waals surface area contributed by atoms with Gasteiger partial charge in [0, 0.05) is 29.6 Å². The SMILES string of the molecule is CNC(=O)NCC(c1ccc(Cl)cc1)c1ccc(Cl)cc1. The fraction of sp³-hybridized carbons (Fsp3) is 0.188. The van der Waals surface area contributed by atoms with Gasteiger partial charge in [-0.25, -0.2) is 4.79 Å². The van der Waals surface area contributed by atoms with Gasteiger partial charge in [0.05, 0.1) is 0 Å². The molecule has 0 saturated heterocycles. The van der Waals surface area contributed by atoms with E-state index in [1.54, 1.807) is 7.05 Å². The normalized spacial score (nSPS) is 10.5. The van der Waals surface area contributed by atoms with E-state index < -0.39 is 0 Å². The van der Waals surface area contributed by atoms with Crippen LogP contribution in [0.4, 0.5) is 4.79 Å². The van der Waals surface area contributed by atoms with E-state index >= 15 is 0 Å². The van der Waals surface area contributed by atoms with Gasteiger partial charge in [0.15, 0.2) is 0 Å². The van der Waals surface area contributed by atoms with Crippen LogP contribution in [-0.4, -0.2) is 19.6 Å². The van der Waals surface area contributed by atoms with Crippen molar-refractivity contribution >= 4 is 29.2 Å². The van der Waals surface area contributed by atoms with Crippen LogP contribution in [0.15, 0.2) is 48.5 Å². The predicted molar refractivity (Wildman–Crippen MR) is 87.2 cm³/mol. The minimum Gasteiger partial charge on any atom is -0.341 e. The molecule has 0 unspecified atom stereocenters. The third-order valence-corrected chi connectivity index (χ3v) is 3.74. The second-order valence-electron chi connectivity index (χ2n) is 4.62. The average molecular weight is 323 g/mol. The van der Waals surface area contributed by atoms with Crippen LogP contribution in [0.2, 0.25) is 10.0 Å². The number of benzene rings is 2. The van der Waals surface area contributed by atoms with Gasteiger partial charge in [-0.15, -0.1) is 0 Å². The zero-order valence-electron chi connectivity index (χ0n) is 11.6. The summed E-state index contributed by atoms with van der Waals surface area (Å²) in [5, 5.41) is 6.77. The number of carbonyl (C=O) groups is 1. The third kappa shape index (κ3) is 4.38. The monoisotopic (exact) mass is 322 g/mol. The van der Waals surface area contributed by atoms with Gasteiger partial charge in [-0.3, -0.25) is 0 Å². The molecular weight excluding hydrogens is 307 g/mol. The van der Waals surface area contributed by atoms with Crippen molar-refractivity contribution in [2.45, 2.75) is 5.92 Å². The molecule has 0 bridgehead atoms. The van der Waals surface area contributed by atoms with E-state index in [2.05, 4.69) is 10.6 Å². The molecule has 0 heterocycles. The van der Waals surface area contributed by atoms with Crippen LogP contribution in [0.3, 0.4) is 0 Å². The summed E-state index contributed by atoms with van der Waals surface area (Å²) in [5.74, 6) is 0.0387. The third-order valence-electron chi connectivity index (χ3n) is 3.24. The molecule has 0 spiro atoms. The van der Waals surface area contributed by atoms with E-state index in [1.807, 2.05) is 48.5 Å². The van der Waals surface area contributed by atoms with E-state index in [1.165, 1.54) is 0 Å². The highest BCUT2D eigenvalue weighted by Crippen LogP contribution is 2.26. The van der Waals surface area contributed by atoms with Gasteiger partial charge < -0.3 is 10.6 Å². The van der Waals surface area contributed by atoms with E-state index in [9.17, 15) is 4.79 Å². The van der Waals surface area contributed by atoms with Crippen molar-refractivity contribution in [3.8, 4) is 0 Å². The highest BCUT2D eigenvalue weighted by atomic mass is 35.5. The molecule has 0 atom stereocenters. The molecule has 5 heteroatoms. The molecule has 2 aromatic carbocycles. The Labute approximate surface area is 134 Å². The maximum absolute atomic E-state index is 11.4. The van der Waals surface area contributed by atoms with Crippen LogP contribution in [0.25, 0.3) is 0 Å². The first-order valence-electron chi connectivity index (χ1n) is 6.56. The quantitative estimate of drug-likeness (QED) is 0.875. The number of hydrogen-bond acceptors (Lipinski definition) is 1. The Morgan fingerprint density at radius 3 is 1.76 bits per heavy atom. The molecule has 2 N–H and O–H groups in total. The van der Waals surface area contributed by atoms with Crippen LogP contribution in [0.1, 0.15) is 17.0 Å². The fourth-order valence-electron chi connectivity index (χ4n) is 2.10. The highest BCUT2D eigenvalue weighted by Gasteiger charge is 2.15. The molecule has 0 aliphatic rings. The summed E-state index contributed by atoms with van der Waals surface area (Å²) in [4.78, 5) is 11.4. The molecule has 0 aromatic heterocycles. The van der Waals surface area contributed by atoms with Crippen molar-refractivity contribution < 1.29 is 4.79 Å². The van der Waals surface area contributed by atoms with E-state index in [-0.39, 0.29) is 11.9 Å². The summed E-state index contributed by atoms with van der Waals surface area (Å²) in [5.41, 5.74) is 2.16. The maximum Gasteiger partial charge on any atom is 0.314 e. The van der Waals surface area contributed by atoms with Crippen molar-refractivity contribution in [2.24, 2.45) is 0 Å². The molecule has 2 aromatic rings. The molecular formula is C16H16Cl2N2O.